The molecule has 2 rings (SSSR count). The predicted octanol–water partition coefficient (Wildman–Crippen LogP) is 0.117. The molecule has 6 heteroatoms. The second-order valence-electron chi connectivity index (χ2n) is 3.61. The molecule has 0 radical (unpaired) electrons. The molecule has 2 unspecified atom stereocenters. The minimum absolute atomic E-state index is 0.181. The largest absolute Gasteiger partial charge is 0.428 e. The quantitative estimate of drug-likeness (QED) is 0.371. The highest BCUT2D eigenvalue weighted by Crippen LogP contribution is 2.30. The van der Waals surface area contributed by atoms with Crippen LogP contribution in [-0.4, -0.2) is 49.1 Å². The standard InChI is InChI=1S/C9H13NO5/c1-6(11)13-5-14-9(12)10-3-2-7-8(4-10)15-7/h7-8H,2-5H2,1H3. The lowest BCUT2D eigenvalue weighted by molar-refractivity contribution is -0.149. The molecule has 0 aromatic heterocycles. The van der Waals surface area contributed by atoms with E-state index in [1.807, 2.05) is 0 Å². The van der Waals surface area contributed by atoms with E-state index in [0.717, 1.165) is 6.42 Å². The van der Waals surface area contributed by atoms with Crippen LogP contribution in [0.2, 0.25) is 0 Å². The topological polar surface area (TPSA) is 68.4 Å². The summed E-state index contributed by atoms with van der Waals surface area (Å²) in [6.45, 7) is 2.15. The number of hydrogen-bond donors (Lipinski definition) is 0. The summed E-state index contributed by atoms with van der Waals surface area (Å²) in [6.07, 6.45) is 0.917. The minimum atomic E-state index is -0.466. The summed E-state index contributed by atoms with van der Waals surface area (Å²) in [5, 5.41) is 0. The van der Waals surface area contributed by atoms with Crippen LogP contribution in [-0.2, 0) is 19.0 Å². The lowest BCUT2D eigenvalue weighted by Gasteiger charge is -2.23. The first-order chi connectivity index (χ1) is 7.16. The Kier molecular flexibility index (Phi) is 2.77. The molecule has 2 aliphatic rings. The second kappa shape index (κ2) is 4.06. The van der Waals surface area contributed by atoms with E-state index >= 15 is 0 Å². The van der Waals surface area contributed by atoms with Crippen LogP contribution in [0, 0.1) is 0 Å². The zero-order valence-corrected chi connectivity index (χ0v) is 8.47. The van der Waals surface area contributed by atoms with Gasteiger partial charge in [-0.15, -0.1) is 0 Å². The van der Waals surface area contributed by atoms with Gasteiger partial charge in [-0.25, -0.2) is 4.79 Å². The molecular weight excluding hydrogens is 202 g/mol. The lowest BCUT2D eigenvalue weighted by Crippen LogP contribution is -2.40. The molecule has 2 fully saturated rings. The fourth-order valence-electron chi connectivity index (χ4n) is 1.61. The van der Waals surface area contributed by atoms with E-state index in [4.69, 9.17) is 9.47 Å². The van der Waals surface area contributed by atoms with Gasteiger partial charge in [0.2, 0.25) is 6.79 Å². The van der Waals surface area contributed by atoms with Gasteiger partial charge in [0.25, 0.3) is 0 Å². The van der Waals surface area contributed by atoms with Gasteiger partial charge in [-0.05, 0) is 6.42 Å². The molecule has 0 aliphatic carbocycles. The first-order valence-corrected chi connectivity index (χ1v) is 4.87. The van der Waals surface area contributed by atoms with E-state index in [1.165, 1.54) is 6.92 Å². The number of likely N-dealkylation sites (tertiary alicyclic amines) is 1. The van der Waals surface area contributed by atoms with Crippen molar-refractivity contribution in [2.45, 2.75) is 25.6 Å². The Labute approximate surface area is 87.1 Å². The third-order valence-electron chi connectivity index (χ3n) is 2.47. The van der Waals surface area contributed by atoms with Gasteiger partial charge in [-0.1, -0.05) is 0 Å². The van der Waals surface area contributed by atoms with E-state index in [0.29, 0.717) is 19.2 Å². The van der Waals surface area contributed by atoms with E-state index in [1.54, 1.807) is 4.90 Å². The van der Waals surface area contributed by atoms with Crippen LogP contribution in [0.25, 0.3) is 0 Å². The van der Waals surface area contributed by atoms with Crippen LogP contribution in [0.1, 0.15) is 13.3 Å². The normalized spacial score (nSPS) is 27.9. The molecule has 2 heterocycles. The number of piperidine rings is 1. The number of carbonyl (C=O) groups is 2. The Morgan fingerprint density at radius 2 is 2.20 bits per heavy atom. The third kappa shape index (κ3) is 2.59. The van der Waals surface area contributed by atoms with Crippen molar-refractivity contribution in [2.75, 3.05) is 19.9 Å². The van der Waals surface area contributed by atoms with Gasteiger partial charge in [-0.3, -0.25) is 4.79 Å². The molecule has 0 bridgehead atoms. The molecule has 1 amide bonds. The van der Waals surface area contributed by atoms with Gasteiger partial charge >= 0.3 is 12.1 Å². The van der Waals surface area contributed by atoms with Gasteiger partial charge in [0, 0.05) is 13.5 Å². The summed E-state index contributed by atoms with van der Waals surface area (Å²) in [7, 11) is 0. The fraction of sp³-hybridized carbons (Fsp3) is 0.778. The highest BCUT2D eigenvalue weighted by Gasteiger charge is 2.44. The van der Waals surface area contributed by atoms with Crippen molar-refractivity contribution in [2.24, 2.45) is 0 Å². The number of rotatable bonds is 2. The number of epoxide rings is 1. The van der Waals surface area contributed by atoms with Gasteiger partial charge in [-0.2, -0.15) is 0 Å². The molecule has 2 aliphatic heterocycles. The molecule has 84 valence electrons. The number of fused-ring (bicyclic) bond motifs is 1. The third-order valence-corrected chi connectivity index (χ3v) is 2.47. The van der Waals surface area contributed by atoms with E-state index < -0.39 is 12.1 Å². The van der Waals surface area contributed by atoms with Crippen LogP contribution in [0.5, 0.6) is 0 Å². The molecule has 0 saturated carbocycles. The maximum atomic E-state index is 11.4. The predicted molar refractivity (Wildman–Crippen MR) is 48.0 cm³/mol. The molecule has 2 atom stereocenters. The van der Waals surface area contributed by atoms with E-state index in [-0.39, 0.29) is 12.9 Å². The average molecular weight is 215 g/mol. The van der Waals surface area contributed by atoms with Crippen LogP contribution >= 0.6 is 0 Å². The highest BCUT2D eigenvalue weighted by molar-refractivity contribution is 5.68. The Morgan fingerprint density at radius 1 is 1.40 bits per heavy atom. The summed E-state index contributed by atoms with van der Waals surface area (Å²) < 4.78 is 14.5. The van der Waals surface area contributed by atoms with E-state index in [2.05, 4.69) is 4.74 Å². The molecule has 0 spiro atoms. The van der Waals surface area contributed by atoms with Crippen LogP contribution in [0.4, 0.5) is 4.79 Å². The van der Waals surface area contributed by atoms with Crippen LogP contribution in [0.3, 0.4) is 0 Å². The number of carbonyl (C=O) groups excluding carboxylic acids is 2. The number of esters is 1. The summed E-state index contributed by atoms with van der Waals surface area (Å²) >= 11 is 0. The summed E-state index contributed by atoms with van der Waals surface area (Å²) in [5.41, 5.74) is 0. The summed E-state index contributed by atoms with van der Waals surface area (Å²) in [6, 6.07) is 0. The maximum absolute atomic E-state index is 11.4. The Bertz CT molecular complexity index is 280. The van der Waals surface area contributed by atoms with Crippen molar-refractivity contribution in [3.63, 3.8) is 0 Å². The molecule has 15 heavy (non-hydrogen) atoms. The first kappa shape index (κ1) is 10.2. The van der Waals surface area contributed by atoms with Crippen LogP contribution < -0.4 is 0 Å². The monoisotopic (exact) mass is 215 g/mol. The molecule has 0 aromatic rings. The van der Waals surface area contributed by atoms with Crippen molar-refractivity contribution in [1.82, 2.24) is 4.90 Å². The Morgan fingerprint density at radius 3 is 2.87 bits per heavy atom. The van der Waals surface area contributed by atoms with Gasteiger partial charge in [0.15, 0.2) is 0 Å². The Hall–Kier alpha value is -1.30. The fourth-order valence-corrected chi connectivity index (χ4v) is 1.61. The molecule has 0 aromatic carbocycles. The van der Waals surface area contributed by atoms with Gasteiger partial charge in [0.05, 0.1) is 12.6 Å². The van der Waals surface area contributed by atoms with Crippen molar-refractivity contribution in [3.8, 4) is 0 Å². The van der Waals surface area contributed by atoms with Gasteiger partial charge < -0.3 is 19.1 Å². The molecular formula is C9H13NO5. The number of hydrogen-bond acceptors (Lipinski definition) is 5. The van der Waals surface area contributed by atoms with Crippen molar-refractivity contribution >= 4 is 12.1 Å². The highest BCUT2D eigenvalue weighted by atomic mass is 16.7. The molecule has 0 N–H and O–H groups in total. The van der Waals surface area contributed by atoms with Gasteiger partial charge in [0.1, 0.15) is 6.10 Å². The summed E-state index contributed by atoms with van der Waals surface area (Å²) in [5.74, 6) is -0.466. The molecule has 6 nitrogen and oxygen atoms in total. The smallest absolute Gasteiger partial charge is 0.412 e. The lowest BCUT2D eigenvalue weighted by atomic mass is 10.1. The SMILES string of the molecule is CC(=O)OCOC(=O)N1CCC2OC2C1. The van der Waals surface area contributed by atoms with Crippen molar-refractivity contribution in [3.05, 3.63) is 0 Å². The average Bonchev–Trinajstić information content (AvgIpc) is 2.94. The van der Waals surface area contributed by atoms with E-state index in [9.17, 15) is 9.59 Å². The number of nitrogens with zero attached hydrogens (tertiary/aromatic N) is 1. The first-order valence-electron chi connectivity index (χ1n) is 4.87. The van der Waals surface area contributed by atoms with Crippen LogP contribution in [0.15, 0.2) is 0 Å². The number of amides is 1. The molecule has 2 saturated heterocycles. The van der Waals surface area contributed by atoms with Crippen molar-refractivity contribution < 1.29 is 23.8 Å². The minimum Gasteiger partial charge on any atom is -0.428 e. The number of ether oxygens (including phenoxy) is 3. The Balaban J connectivity index is 1.68. The van der Waals surface area contributed by atoms with Crippen molar-refractivity contribution in [1.29, 1.82) is 0 Å². The zero-order valence-electron chi connectivity index (χ0n) is 8.47. The summed E-state index contributed by atoms with van der Waals surface area (Å²) in [4.78, 5) is 23.4. The maximum Gasteiger partial charge on any atom is 0.412 e. The zero-order chi connectivity index (χ0) is 10.8. The second-order valence-corrected chi connectivity index (χ2v) is 3.61.